The van der Waals surface area contributed by atoms with Crippen LogP contribution in [0.1, 0.15) is 45.2 Å². The Kier molecular flexibility index (Phi) is 6.04. The Bertz CT molecular complexity index is 805. The molecule has 0 fully saturated rings. The average Bonchev–Trinajstić information content (AvgIpc) is 2.83. The molecule has 0 amide bonds. The molecule has 1 N–H and O–H groups in total. The number of allylic oxidation sites excluding steroid dienone is 1. The third kappa shape index (κ3) is 3.50. The van der Waals surface area contributed by atoms with Crippen LogP contribution in [-0.2, 0) is 25.8 Å². The van der Waals surface area contributed by atoms with Gasteiger partial charge in [0.1, 0.15) is 0 Å². The summed E-state index contributed by atoms with van der Waals surface area (Å²) in [5, 5.41) is 12.7. The predicted octanol–water partition coefficient (Wildman–Crippen LogP) is 5.77. The van der Waals surface area contributed by atoms with Crippen LogP contribution in [0.3, 0.4) is 0 Å². The van der Waals surface area contributed by atoms with Gasteiger partial charge in [0.25, 0.3) is 0 Å². The third-order valence-corrected chi connectivity index (χ3v) is 5.24. The van der Waals surface area contributed by atoms with Crippen molar-refractivity contribution in [2.45, 2.75) is 39.5 Å². The van der Waals surface area contributed by atoms with E-state index in [0.29, 0.717) is 5.92 Å². The van der Waals surface area contributed by atoms with Gasteiger partial charge in [-0.25, -0.2) is 0 Å². The maximum Gasteiger partial charge on any atom is 2.00 e. The summed E-state index contributed by atoms with van der Waals surface area (Å²) >= 11 is 0. The van der Waals surface area contributed by atoms with Gasteiger partial charge in [0.15, 0.2) is 0 Å². The maximum absolute atomic E-state index is 9.42. The Balaban J connectivity index is 0.00000225. The first-order valence-electron chi connectivity index (χ1n) is 8.59. The molecule has 0 saturated carbocycles. The van der Waals surface area contributed by atoms with Gasteiger partial charge in [-0.2, -0.15) is 18.3 Å². The van der Waals surface area contributed by atoms with E-state index in [-0.39, 0.29) is 25.8 Å². The Labute approximate surface area is 164 Å². The molecule has 0 saturated heterocycles. The zero-order valence-electron chi connectivity index (χ0n) is 15.2. The second-order valence-corrected chi connectivity index (χ2v) is 7.07. The van der Waals surface area contributed by atoms with Gasteiger partial charge in [-0.05, 0) is 28.9 Å². The molecule has 1 atom stereocenters. The number of hydrogen-bond acceptors (Lipinski definition) is 1. The Morgan fingerprint density at radius 1 is 1.24 bits per heavy atom. The van der Waals surface area contributed by atoms with E-state index in [2.05, 4.69) is 75.5 Å². The summed E-state index contributed by atoms with van der Waals surface area (Å²) in [4.78, 5) is 0. The van der Waals surface area contributed by atoms with Crippen molar-refractivity contribution in [2.24, 2.45) is 5.92 Å². The minimum Gasteiger partial charge on any atom is -0.810 e. The summed E-state index contributed by atoms with van der Waals surface area (Å²) in [7, 11) is 0. The summed E-state index contributed by atoms with van der Waals surface area (Å²) in [6, 6.07) is 16.2. The fourth-order valence-corrected chi connectivity index (χ4v) is 3.43. The van der Waals surface area contributed by atoms with Crippen LogP contribution in [0, 0.1) is 12.0 Å². The van der Waals surface area contributed by atoms with Gasteiger partial charge in [-0.3, -0.25) is 0 Å². The normalized spacial score (nSPS) is 15.6. The van der Waals surface area contributed by atoms with E-state index in [9.17, 15) is 5.41 Å². The molecular formula is C22H24N2Pd. The fraction of sp³-hybridized carbons (Fsp3) is 0.318. The van der Waals surface area contributed by atoms with Crippen LogP contribution in [-0.4, -0.2) is 6.21 Å². The van der Waals surface area contributed by atoms with Crippen molar-refractivity contribution in [3.8, 4) is 11.1 Å². The fourth-order valence-electron chi connectivity index (χ4n) is 3.43. The standard InChI is InChI=1S/C22H24N2.Pd/c1-5-15(2)16(13-23)14-24-17-10-11-21-19(12-17)18-8-6-7-9-20(18)22(21,3)4;/h6-9,11-15,24H,5H2,1-4H3;/q-2;+2/b16-14+;. The number of hydrogen-bond donors (Lipinski definition) is 1. The van der Waals surface area contributed by atoms with E-state index < -0.39 is 0 Å². The number of fused-ring (bicyclic) bond motifs is 3. The number of nitrogens with zero attached hydrogens (tertiary/aromatic N) is 1. The zero-order valence-corrected chi connectivity index (χ0v) is 16.7. The molecule has 2 nitrogen and oxygen atoms in total. The van der Waals surface area contributed by atoms with E-state index in [1.165, 1.54) is 28.5 Å². The van der Waals surface area contributed by atoms with E-state index in [1.807, 2.05) is 6.20 Å². The average molecular weight is 423 g/mol. The zero-order chi connectivity index (χ0) is 17.3. The van der Waals surface area contributed by atoms with Crippen molar-refractivity contribution in [1.82, 2.24) is 0 Å². The molecule has 1 unspecified atom stereocenters. The van der Waals surface area contributed by atoms with Gasteiger partial charge >= 0.3 is 20.4 Å². The minimum absolute atomic E-state index is 0. The molecule has 25 heavy (non-hydrogen) atoms. The summed E-state index contributed by atoms with van der Waals surface area (Å²) in [6.45, 7) is 8.74. The molecule has 3 rings (SSSR count). The summed E-state index contributed by atoms with van der Waals surface area (Å²) < 4.78 is 0. The summed E-state index contributed by atoms with van der Waals surface area (Å²) in [6.07, 6.45) is 4.05. The van der Waals surface area contributed by atoms with Crippen molar-refractivity contribution < 1.29 is 20.4 Å². The molecule has 1 aliphatic rings. The van der Waals surface area contributed by atoms with Gasteiger partial charge in [0, 0.05) is 6.20 Å². The molecule has 132 valence electrons. The number of rotatable bonds is 5. The van der Waals surface area contributed by atoms with Gasteiger partial charge in [0.05, 0.1) is 0 Å². The number of anilines is 1. The van der Waals surface area contributed by atoms with E-state index >= 15 is 0 Å². The first-order valence-corrected chi connectivity index (χ1v) is 8.59. The Morgan fingerprint density at radius 2 is 1.96 bits per heavy atom. The molecule has 0 aliphatic heterocycles. The molecule has 0 bridgehead atoms. The Morgan fingerprint density at radius 3 is 2.64 bits per heavy atom. The molecule has 2 aromatic carbocycles. The topological polar surface area (TPSA) is 34.3 Å². The van der Waals surface area contributed by atoms with E-state index in [4.69, 9.17) is 0 Å². The van der Waals surface area contributed by atoms with Crippen LogP contribution >= 0.6 is 0 Å². The molecule has 3 heteroatoms. The van der Waals surface area contributed by atoms with Crippen LogP contribution in [0.5, 0.6) is 0 Å². The summed E-state index contributed by atoms with van der Waals surface area (Å²) in [5.41, 5.74) is 7.07. The van der Waals surface area contributed by atoms with Crippen LogP contribution < -0.4 is 5.32 Å². The molecule has 0 aromatic heterocycles. The van der Waals surface area contributed by atoms with Crippen molar-refractivity contribution in [2.75, 3.05) is 5.32 Å². The van der Waals surface area contributed by atoms with Crippen molar-refractivity contribution in [3.05, 3.63) is 70.8 Å². The van der Waals surface area contributed by atoms with Gasteiger partial charge < -0.3 is 10.7 Å². The smallest absolute Gasteiger partial charge is 0.810 e. The number of nitrogens with one attached hydrogen (secondary N) is 1. The van der Waals surface area contributed by atoms with Gasteiger partial charge in [-0.15, -0.1) is 17.2 Å². The molecule has 0 heterocycles. The second-order valence-electron chi connectivity index (χ2n) is 7.07. The Hall–Kier alpha value is -1.69. The first-order chi connectivity index (χ1) is 11.5. The van der Waals surface area contributed by atoms with Crippen molar-refractivity contribution in [1.29, 1.82) is 0 Å². The molecular weight excluding hydrogens is 399 g/mol. The van der Waals surface area contributed by atoms with Crippen LogP contribution in [0.15, 0.2) is 48.2 Å². The SMILES string of the molecule is CCC(C)/C(C=[N-])=C/Nc1[c-]cc2c(c1)-c1ccccc1C2(C)C.[Pd+2]. The maximum atomic E-state index is 9.42. The van der Waals surface area contributed by atoms with E-state index in [0.717, 1.165) is 17.7 Å². The van der Waals surface area contributed by atoms with Crippen molar-refractivity contribution >= 4 is 11.9 Å². The molecule has 2 aromatic rings. The van der Waals surface area contributed by atoms with Gasteiger partial charge in [-0.1, -0.05) is 63.2 Å². The van der Waals surface area contributed by atoms with E-state index in [1.54, 1.807) is 0 Å². The molecule has 0 spiro atoms. The second kappa shape index (κ2) is 7.69. The quantitative estimate of drug-likeness (QED) is 0.370. The minimum atomic E-state index is 0. The van der Waals surface area contributed by atoms with Crippen molar-refractivity contribution in [3.63, 3.8) is 0 Å². The van der Waals surface area contributed by atoms with Gasteiger partial charge in [0.2, 0.25) is 0 Å². The van der Waals surface area contributed by atoms with Crippen LogP contribution in [0.4, 0.5) is 5.69 Å². The monoisotopic (exact) mass is 422 g/mol. The molecule has 0 radical (unpaired) electrons. The third-order valence-electron chi connectivity index (χ3n) is 5.24. The largest absolute Gasteiger partial charge is 2.00 e. The number of benzene rings is 2. The summed E-state index contributed by atoms with van der Waals surface area (Å²) in [5.74, 6) is 0.316. The predicted molar refractivity (Wildman–Crippen MR) is 103 cm³/mol. The molecule has 1 aliphatic carbocycles. The first kappa shape index (κ1) is 19.6. The van der Waals surface area contributed by atoms with Crippen LogP contribution in [0.25, 0.3) is 16.5 Å². The van der Waals surface area contributed by atoms with Crippen LogP contribution in [0.2, 0.25) is 0 Å².